The standard InChI is InChI=1S/C28H30N6O2/c1-17-6-8-31-14-22(17)20-10-21-12-25(32-15-23(21)24(30)11-20)33-26(35)27(36)34-28(16-29)7-2-3-19(13-28)9-18-4-5-18/h6,8,10-12,14-15,18-19H,2-5,7,9,13,30H2,1H3,(H,34,36)(H,32,33,35). The fraction of sp³-hybridized carbons (Fsp3) is 0.393. The van der Waals surface area contributed by atoms with Crippen molar-refractivity contribution in [1.82, 2.24) is 15.3 Å². The van der Waals surface area contributed by atoms with E-state index in [0.717, 1.165) is 52.6 Å². The van der Waals surface area contributed by atoms with Gasteiger partial charge in [-0.3, -0.25) is 14.6 Å². The van der Waals surface area contributed by atoms with Gasteiger partial charge in [-0.2, -0.15) is 5.26 Å². The van der Waals surface area contributed by atoms with Crippen molar-refractivity contribution in [2.75, 3.05) is 11.1 Å². The van der Waals surface area contributed by atoms with E-state index in [2.05, 4.69) is 26.7 Å². The quantitative estimate of drug-likeness (QED) is 0.362. The number of fused-ring (bicyclic) bond motifs is 1. The van der Waals surface area contributed by atoms with Crippen molar-refractivity contribution in [1.29, 1.82) is 5.26 Å². The minimum atomic E-state index is -0.992. The first kappa shape index (κ1) is 23.7. The number of amides is 2. The Morgan fingerprint density at radius 3 is 2.75 bits per heavy atom. The number of aryl methyl sites for hydroxylation is 1. The average molecular weight is 483 g/mol. The molecule has 2 unspecified atom stereocenters. The maximum Gasteiger partial charge on any atom is 0.314 e. The lowest BCUT2D eigenvalue weighted by molar-refractivity contribution is -0.137. The number of nitrogens with two attached hydrogens (primary N) is 1. The summed E-state index contributed by atoms with van der Waals surface area (Å²) in [4.78, 5) is 34.0. The second-order valence-electron chi connectivity index (χ2n) is 10.3. The summed E-state index contributed by atoms with van der Waals surface area (Å²) >= 11 is 0. The first-order valence-corrected chi connectivity index (χ1v) is 12.5. The lowest BCUT2D eigenvalue weighted by atomic mass is 9.74. The minimum Gasteiger partial charge on any atom is -0.398 e. The van der Waals surface area contributed by atoms with Gasteiger partial charge in [-0.05, 0) is 85.2 Å². The van der Waals surface area contributed by atoms with E-state index in [1.54, 1.807) is 24.7 Å². The molecule has 0 aliphatic heterocycles. The van der Waals surface area contributed by atoms with E-state index in [1.807, 2.05) is 25.1 Å². The Hall–Kier alpha value is -3.99. The third kappa shape index (κ3) is 5.01. The molecule has 3 aromatic rings. The maximum absolute atomic E-state index is 12.8. The monoisotopic (exact) mass is 482 g/mol. The molecule has 2 aromatic heterocycles. The van der Waals surface area contributed by atoms with Crippen molar-refractivity contribution in [2.24, 2.45) is 11.8 Å². The van der Waals surface area contributed by atoms with Crippen molar-refractivity contribution in [3.8, 4) is 17.2 Å². The molecule has 0 bridgehead atoms. The number of anilines is 2. The molecular formula is C28H30N6O2. The molecule has 2 amide bonds. The molecule has 2 aliphatic rings. The third-order valence-electron chi connectivity index (χ3n) is 7.45. The van der Waals surface area contributed by atoms with Crippen LogP contribution in [0.2, 0.25) is 0 Å². The number of nitrogen functional groups attached to an aromatic ring is 1. The first-order valence-electron chi connectivity index (χ1n) is 12.5. The molecule has 2 fully saturated rings. The van der Waals surface area contributed by atoms with E-state index in [9.17, 15) is 14.9 Å². The zero-order valence-corrected chi connectivity index (χ0v) is 20.4. The average Bonchev–Trinajstić information content (AvgIpc) is 3.68. The zero-order chi connectivity index (χ0) is 25.3. The highest BCUT2D eigenvalue weighted by Crippen LogP contribution is 2.42. The van der Waals surface area contributed by atoms with Crippen LogP contribution in [-0.4, -0.2) is 27.3 Å². The predicted molar refractivity (Wildman–Crippen MR) is 139 cm³/mol. The van der Waals surface area contributed by atoms with E-state index >= 15 is 0 Å². The van der Waals surface area contributed by atoms with E-state index in [1.165, 1.54) is 12.8 Å². The predicted octanol–water partition coefficient (Wildman–Crippen LogP) is 4.49. The molecule has 4 N–H and O–H groups in total. The molecule has 8 nitrogen and oxygen atoms in total. The Morgan fingerprint density at radius 2 is 2.00 bits per heavy atom. The maximum atomic E-state index is 12.8. The van der Waals surface area contributed by atoms with Gasteiger partial charge in [0, 0.05) is 35.2 Å². The van der Waals surface area contributed by atoms with Gasteiger partial charge in [0.25, 0.3) is 0 Å². The van der Waals surface area contributed by atoms with Gasteiger partial charge in [-0.25, -0.2) is 4.98 Å². The molecule has 184 valence electrons. The van der Waals surface area contributed by atoms with Crippen LogP contribution in [0.4, 0.5) is 11.5 Å². The van der Waals surface area contributed by atoms with Crippen molar-refractivity contribution in [3.63, 3.8) is 0 Å². The molecule has 0 spiro atoms. The van der Waals surface area contributed by atoms with Gasteiger partial charge in [0.05, 0.1) is 6.07 Å². The number of carbonyl (C=O) groups excluding carboxylic acids is 2. The molecule has 2 aliphatic carbocycles. The number of benzene rings is 1. The third-order valence-corrected chi connectivity index (χ3v) is 7.45. The summed E-state index contributed by atoms with van der Waals surface area (Å²) in [5, 5.41) is 16.7. The highest BCUT2D eigenvalue weighted by atomic mass is 16.2. The fourth-order valence-corrected chi connectivity index (χ4v) is 5.38. The topological polar surface area (TPSA) is 134 Å². The summed E-state index contributed by atoms with van der Waals surface area (Å²) in [6, 6.07) is 9.76. The fourth-order valence-electron chi connectivity index (χ4n) is 5.38. The molecule has 0 saturated heterocycles. The molecule has 1 aromatic carbocycles. The van der Waals surface area contributed by atoms with Gasteiger partial charge in [-0.1, -0.05) is 19.3 Å². The highest BCUT2D eigenvalue weighted by Gasteiger charge is 2.40. The van der Waals surface area contributed by atoms with Gasteiger partial charge in [0.15, 0.2) is 0 Å². The number of nitriles is 1. The molecule has 5 rings (SSSR count). The Kier molecular flexibility index (Phi) is 6.31. The highest BCUT2D eigenvalue weighted by molar-refractivity contribution is 6.39. The van der Waals surface area contributed by atoms with Crippen LogP contribution < -0.4 is 16.4 Å². The van der Waals surface area contributed by atoms with Gasteiger partial charge in [-0.15, -0.1) is 0 Å². The van der Waals surface area contributed by atoms with Crippen LogP contribution in [0, 0.1) is 30.1 Å². The van der Waals surface area contributed by atoms with Crippen molar-refractivity contribution in [3.05, 3.63) is 48.4 Å². The Balaban J connectivity index is 1.31. The molecule has 2 atom stereocenters. The van der Waals surface area contributed by atoms with E-state index < -0.39 is 17.4 Å². The number of carbonyl (C=O) groups is 2. The van der Waals surface area contributed by atoms with E-state index in [-0.39, 0.29) is 5.82 Å². The Morgan fingerprint density at radius 1 is 1.17 bits per heavy atom. The Bertz CT molecular complexity index is 1380. The summed E-state index contributed by atoms with van der Waals surface area (Å²) in [6.45, 7) is 2.00. The minimum absolute atomic E-state index is 0.239. The number of hydrogen-bond donors (Lipinski definition) is 3. The lowest BCUT2D eigenvalue weighted by Crippen LogP contribution is -2.53. The molecule has 2 heterocycles. The summed E-state index contributed by atoms with van der Waals surface area (Å²) in [6.07, 6.45) is 11.9. The SMILES string of the molecule is Cc1ccncc1-c1cc(N)c2cnc(NC(=O)C(=O)NC3(C#N)CCCC(CC4CC4)C3)cc2c1. The van der Waals surface area contributed by atoms with Crippen LogP contribution in [0.5, 0.6) is 0 Å². The van der Waals surface area contributed by atoms with E-state index in [0.29, 0.717) is 24.4 Å². The number of nitrogens with one attached hydrogen (secondary N) is 2. The van der Waals surface area contributed by atoms with Crippen LogP contribution in [0.1, 0.15) is 50.5 Å². The Labute approximate surface area is 210 Å². The summed E-state index contributed by atoms with van der Waals surface area (Å²) < 4.78 is 0. The van der Waals surface area contributed by atoms with Crippen molar-refractivity contribution >= 4 is 34.1 Å². The number of hydrogen-bond acceptors (Lipinski definition) is 6. The van der Waals surface area contributed by atoms with Gasteiger partial charge < -0.3 is 16.4 Å². The van der Waals surface area contributed by atoms with Gasteiger partial charge in [0.1, 0.15) is 11.4 Å². The van der Waals surface area contributed by atoms with Gasteiger partial charge >= 0.3 is 11.8 Å². The summed E-state index contributed by atoms with van der Waals surface area (Å²) in [5.41, 5.74) is 8.78. The zero-order valence-electron chi connectivity index (χ0n) is 20.4. The molecule has 2 saturated carbocycles. The second-order valence-corrected chi connectivity index (χ2v) is 10.3. The van der Waals surface area contributed by atoms with Crippen LogP contribution in [0.15, 0.2) is 42.9 Å². The van der Waals surface area contributed by atoms with E-state index in [4.69, 9.17) is 5.73 Å². The molecule has 36 heavy (non-hydrogen) atoms. The van der Waals surface area contributed by atoms with Crippen LogP contribution in [0.25, 0.3) is 21.9 Å². The summed E-state index contributed by atoms with van der Waals surface area (Å²) in [5.74, 6) is -0.236. The number of rotatable bonds is 5. The number of pyridine rings is 2. The number of aromatic nitrogens is 2. The lowest BCUT2D eigenvalue weighted by Gasteiger charge is -2.36. The molecular weight excluding hydrogens is 452 g/mol. The first-order chi connectivity index (χ1) is 17.4. The smallest absolute Gasteiger partial charge is 0.314 e. The van der Waals surface area contributed by atoms with Gasteiger partial charge in [0.2, 0.25) is 0 Å². The van der Waals surface area contributed by atoms with Crippen molar-refractivity contribution < 1.29 is 9.59 Å². The molecule has 8 heteroatoms. The largest absolute Gasteiger partial charge is 0.398 e. The van der Waals surface area contributed by atoms with Crippen LogP contribution >= 0.6 is 0 Å². The number of nitrogens with zero attached hydrogens (tertiary/aromatic N) is 3. The summed E-state index contributed by atoms with van der Waals surface area (Å²) in [7, 11) is 0. The van der Waals surface area contributed by atoms with Crippen LogP contribution in [0.3, 0.4) is 0 Å². The van der Waals surface area contributed by atoms with Crippen LogP contribution in [-0.2, 0) is 9.59 Å². The van der Waals surface area contributed by atoms with Crippen molar-refractivity contribution in [2.45, 2.75) is 57.4 Å². The second kappa shape index (κ2) is 9.57. The molecule has 0 radical (unpaired) electrons. The normalized spacial score (nSPS) is 21.5.